The summed E-state index contributed by atoms with van der Waals surface area (Å²) in [5.41, 5.74) is 3.00. The summed E-state index contributed by atoms with van der Waals surface area (Å²) < 4.78 is 19.7. The highest BCUT2D eigenvalue weighted by molar-refractivity contribution is 6.30. The predicted molar refractivity (Wildman–Crippen MR) is 190 cm³/mol. The van der Waals surface area contributed by atoms with Gasteiger partial charge in [-0.05, 0) is 62.4 Å². The molecule has 260 valence electrons. The molecule has 1 aromatic heterocycles. The Morgan fingerprint density at radius 2 is 1.86 bits per heavy atom. The van der Waals surface area contributed by atoms with Crippen LogP contribution >= 0.6 is 11.6 Å². The van der Waals surface area contributed by atoms with E-state index in [9.17, 15) is 9.18 Å². The molecule has 3 aliphatic heterocycles. The van der Waals surface area contributed by atoms with E-state index in [0.717, 1.165) is 62.9 Å². The number of piperazine rings is 1. The summed E-state index contributed by atoms with van der Waals surface area (Å²) in [5.74, 6) is 0.875. The SMILES string of the molecule is C=CC(=O)Nc1cc(Nc2cc(N3OCC[C@@H]3c3ccc(F)c(Cl)c3)ncn2)c(OC)cc1N1CCC(N2CCN(C3CC3)[C@@H](C)C2)CC1. The first-order chi connectivity index (χ1) is 23.8. The molecule has 49 heavy (non-hydrogen) atoms. The largest absolute Gasteiger partial charge is 0.494 e. The van der Waals surface area contributed by atoms with Gasteiger partial charge in [0.2, 0.25) is 5.91 Å². The smallest absolute Gasteiger partial charge is 0.247 e. The van der Waals surface area contributed by atoms with Gasteiger partial charge in [0.1, 0.15) is 23.7 Å². The number of methoxy groups -OCH3 is 1. The number of aromatic nitrogens is 2. The molecule has 2 N–H and O–H groups in total. The molecule has 0 unspecified atom stereocenters. The van der Waals surface area contributed by atoms with E-state index in [-0.39, 0.29) is 17.0 Å². The van der Waals surface area contributed by atoms with Gasteiger partial charge >= 0.3 is 0 Å². The fraction of sp³-hybridized carbons (Fsp3) is 0.472. The van der Waals surface area contributed by atoms with Crippen molar-refractivity contribution in [1.29, 1.82) is 0 Å². The number of halogens is 2. The van der Waals surface area contributed by atoms with Gasteiger partial charge in [-0.3, -0.25) is 19.4 Å². The van der Waals surface area contributed by atoms with Crippen molar-refractivity contribution in [1.82, 2.24) is 19.8 Å². The van der Waals surface area contributed by atoms with Crippen molar-refractivity contribution in [2.75, 3.05) is 67.0 Å². The molecule has 1 saturated carbocycles. The van der Waals surface area contributed by atoms with Crippen LogP contribution in [0.15, 0.2) is 55.4 Å². The average Bonchev–Trinajstić information content (AvgIpc) is 3.84. The van der Waals surface area contributed by atoms with E-state index in [1.807, 2.05) is 12.1 Å². The second kappa shape index (κ2) is 14.5. The number of amides is 1. The minimum absolute atomic E-state index is 0.0606. The molecule has 2 atom stereocenters. The molecule has 3 saturated heterocycles. The van der Waals surface area contributed by atoms with E-state index in [0.29, 0.717) is 53.9 Å². The third kappa shape index (κ3) is 7.33. The van der Waals surface area contributed by atoms with Crippen LogP contribution < -0.4 is 25.3 Å². The first-order valence-corrected chi connectivity index (χ1v) is 17.6. The van der Waals surface area contributed by atoms with Crippen LogP contribution in [0, 0.1) is 5.82 Å². The summed E-state index contributed by atoms with van der Waals surface area (Å²) >= 11 is 6.08. The Morgan fingerprint density at radius 1 is 1.04 bits per heavy atom. The van der Waals surface area contributed by atoms with Crippen LogP contribution in [0.5, 0.6) is 5.75 Å². The minimum atomic E-state index is -0.468. The molecular formula is C36H44ClFN8O3. The summed E-state index contributed by atoms with van der Waals surface area (Å²) in [6.45, 7) is 11.7. The average molecular weight is 691 g/mol. The summed E-state index contributed by atoms with van der Waals surface area (Å²) in [4.78, 5) is 35.2. The first-order valence-electron chi connectivity index (χ1n) is 17.2. The molecule has 1 amide bonds. The van der Waals surface area contributed by atoms with Crippen molar-refractivity contribution >= 4 is 46.2 Å². The number of nitrogens with one attached hydrogen (secondary N) is 2. The van der Waals surface area contributed by atoms with Crippen LogP contribution in [-0.2, 0) is 9.63 Å². The van der Waals surface area contributed by atoms with Crippen molar-refractivity contribution < 1.29 is 18.8 Å². The Bertz CT molecular complexity index is 1680. The van der Waals surface area contributed by atoms with Crippen molar-refractivity contribution in [3.63, 3.8) is 0 Å². The number of piperidine rings is 1. The molecular weight excluding hydrogens is 647 g/mol. The molecule has 0 bridgehead atoms. The monoisotopic (exact) mass is 690 g/mol. The van der Waals surface area contributed by atoms with E-state index in [1.165, 1.54) is 31.3 Å². The molecule has 7 rings (SSSR count). The second-order valence-corrected chi connectivity index (χ2v) is 13.7. The van der Waals surface area contributed by atoms with Gasteiger partial charge in [0, 0.05) is 69.4 Å². The molecule has 4 heterocycles. The number of ether oxygens (including phenoxy) is 1. The van der Waals surface area contributed by atoms with Crippen LogP contribution in [0.4, 0.5) is 33.1 Å². The lowest BCUT2D eigenvalue weighted by atomic mass is 9.99. The molecule has 2 aromatic carbocycles. The Kier molecular flexibility index (Phi) is 9.91. The summed E-state index contributed by atoms with van der Waals surface area (Å²) in [5, 5.41) is 8.13. The number of nitrogens with zero attached hydrogens (tertiary/aromatic N) is 6. The van der Waals surface area contributed by atoms with E-state index in [1.54, 1.807) is 30.4 Å². The van der Waals surface area contributed by atoms with Gasteiger partial charge in [-0.25, -0.2) is 19.4 Å². The third-order valence-electron chi connectivity index (χ3n) is 10.2. The fourth-order valence-electron chi connectivity index (χ4n) is 7.52. The number of benzene rings is 2. The van der Waals surface area contributed by atoms with Crippen molar-refractivity contribution in [2.24, 2.45) is 0 Å². The van der Waals surface area contributed by atoms with E-state index >= 15 is 0 Å². The van der Waals surface area contributed by atoms with Crippen LogP contribution in [0.2, 0.25) is 5.02 Å². The normalized spacial score (nSPS) is 22.3. The summed E-state index contributed by atoms with van der Waals surface area (Å²) in [6.07, 6.45) is 8.23. The van der Waals surface area contributed by atoms with Crippen molar-refractivity contribution in [2.45, 2.75) is 63.2 Å². The van der Waals surface area contributed by atoms with E-state index in [2.05, 4.69) is 48.8 Å². The zero-order valence-corrected chi connectivity index (χ0v) is 28.8. The van der Waals surface area contributed by atoms with E-state index in [4.69, 9.17) is 21.2 Å². The molecule has 4 fully saturated rings. The first kappa shape index (κ1) is 33.5. The van der Waals surface area contributed by atoms with Gasteiger partial charge in [-0.15, -0.1) is 0 Å². The molecule has 4 aliphatic rings. The Labute approximate surface area is 292 Å². The lowest BCUT2D eigenvalue weighted by Crippen LogP contribution is -2.57. The Morgan fingerprint density at radius 3 is 2.57 bits per heavy atom. The predicted octanol–water partition coefficient (Wildman–Crippen LogP) is 6.17. The van der Waals surface area contributed by atoms with Gasteiger partial charge in [0.15, 0.2) is 5.82 Å². The maximum Gasteiger partial charge on any atom is 0.247 e. The van der Waals surface area contributed by atoms with Crippen LogP contribution in [-0.4, -0.2) is 90.2 Å². The fourth-order valence-corrected chi connectivity index (χ4v) is 7.71. The highest BCUT2D eigenvalue weighted by Crippen LogP contribution is 2.41. The van der Waals surface area contributed by atoms with Gasteiger partial charge in [-0.2, -0.15) is 0 Å². The second-order valence-electron chi connectivity index (χ2n) is 13.3. The molecule has 0 radical (unpaired) electrons. The van der Waals surface area contributed by atoms with Crippen LogP contribution in [0.1, 0.15) is 50.6 Å². The highest BCUT2D eigenvalue weighted by Gasteiger charge is 2.38. The van der Waals surface area contributed by atoms with Gasteiger partial charge in [-0.1, -0.05) is 24.2 Å². The zero-order valence-electron chi connectivity index (χ0n) is 28.1. The topological polar surface area (TPSA) is 98.3 Å². The van der Waals surface area contributed by atoms with E-state index < -0.39 is 5.82 Å². The zero-order chi connectivity index (χ0) is 34.1. The third-order valence-corrected chi connectivity index (χ3v) is 10.5. The van der Waals surface area contributed by atoms with Gasteiger partial charge in [0.25, 0.3) is 0 Å². The molecule has 13 heteroatoms. The number of carbonyl (C=O) groups is 1. The molecule has 0 spiro atoms. The van der Waals surface area contributed by atoms with Gasteiger partial charge in [0.05, 0.1) is 41.8 Å². The molecule has 11 nitrogen and oxygen atoms in total. The Balaban J connectivity index is 1.08. The summed E-state index contributed by atoms with van der Waals surface area (Å²) in [7, 11) is 1.63. The maximum absolute atomic E-state index is 13.9. The quantitative estimate of drug-likeness (QED) is 0.241. The maximum atomic E-state index is 13.9. The lowest BCUT2D eigenvalue weighted by molar-refractivity contribution is -0.111. The molecule has 1 aliphatic carbocycles. The highest BCUT2D eigenvalue weighted by atomic mass is 35.5. The number of anilines is 5. The number of hydrogen-bond acceptors (Lipinski definition) is 10. The van der Waals surface area contributed by atoms with Crippen molar-refractivity contribution in [3.05, 3.63) is 71.8 Å². The lowest BCUT2D eigenvalue weighted by Gasteiger charge is -2.46. The van der Waals surface area contributed by atoms with Gasteiger partial charge < -0.3 is 20.3 Å². The molecule has 3 aromatic rings. The van der Waals surface area contributed by atoms with Crippen LogP contribution in [0.25, 0.3) is 0 Å². The number of carbonyl (C=O) groups excluding carboxylic acids is 1. The number of hydroxylamine groups is 1. The van der Waals surface area contributed by atoms with Crippen LogP contribution in [0.3, 0.4) is 0 Å². The minimum Gasteiger partial charge on any atom is -0.494 e. The number of rotatable bonds is 10. The standard InChI is InChI=1S/C36H44ClFN8O3/c1-4-36(47)42-29-18-30(41-34-20-35(40-22-39-34)46-31(11-16-49-46)24-5-8-28(38)27(37)17-24)33(48-3)19-32(29)43-12-9-25(10-13-43)44-14-15-45(23(2)21-44)26-6-7-26/h4-5,8,17-20,22-23,25-26,31H,1,6-7,9-16,21H2,2-3H3,(H,42,47)(H,39,40,41)/t23-,31+/m0/s1. The Hall–Kier alpha value is -3.97. The van der Waals surface area contributed by atoms with Crippen molar-refractivity contribution in [3.8, 4) is 5.75 Å². The number of hydrogen-bond donors (Lipinski definition) is 2. The summed E-state index contributed by atoms with van der Waals surface area (Å²) in [6, 6.07) is 12.1.